The molecule has 1 heterocycles. The second kappa shape index (κ2) is 5.72. The fourth-order valence-electron chi connectivity index (χ4n) is 2.87. The lowest BCUT2D eigenvalue weighted by atomic mass is 9.97. The van der Waals surface area contributed by atoms with Crippen LogP contribution in [0.2, 0.25) is 0 Å². The Labute approximate surface area is 110 Å². The van der Waals surface area contributed by atoms with Crippen LogP contribution >= 0.6 is 0 Å². The van der Waals surface area contributed by atoms with Crippen LogP contribution in [0.15, 0.2) is 18.2 Å². The van der Waals surface area contributed by atoms with Gasteiger partial charge in [-0.05, 0) is 55.6 Å². The van der Waals surface area contributed by atoms with Crippen LogP contribution in [0.1, 0.15) is 30.5 Å². The highest BCUT2D eigenvalue weighted by Gasteiger charge is 2.29. The molecule has 3 heteroatoms. The normalized spacial score (nSPS) is 24.4. The molecule has 1 aliphatic rings. The fourth-order valence-corrected chi connectivity index (χ4v) is 2.87. The summed E-state index contributed by atoms with van der Waals surface area (Å²) in [5.41, 5.74) is 8.50. The molecule has 2 N–H and O–H groups in total. The van der Waals surface area contributed by atoms with Gasteiger partial charge < -0.3 is 10.5 Å². The number of methoxy groups -OCH3 is 1. The SMILES string of the molecule is CCc1cc(OC)cc(C2CC(CN)CN2C)c1. The number of nitrogens with two attached hydrogens (primary N) is 1. The van der Waals surface area contributed by atoms with Crippen molar-refractivity contribution in [3.63, 3.8) is 0 Å². The van der Waals surface area contributed by atoms with Crippen LogP contribution in [0.25, 0.3) is 0 Å². The van der Waals surface area contributed by atoms with E-state index >= 15 is 0 Å². The van der Waals surface area contributed by atoms with Gasteiger partial charge in [0.25, 0.3) is 0 Å². The van der Waals surface area contributed by atoms with Gasteiger partial charge in [0.1, 0.15) is 5.75 Å². The Hall–Kier alpha value is -1.06. The van der Waals surface area contributed by atoms with Crippen LogP contribution in [-0.4, -0.2) is 32.1 Å². The number of hydrogen-bond donors (Lipinski definition) is 1. The molecule has 2 unspecified atom stereocenters. The Balaban J connectivity index is 2.27. The lowest BCUT2D eigenvalue weighted by Crippen LogP contribution is -2.20. The molecule has 100 valence electrons. The minimum absolute atomic E-state index is 0.485. The molecule has 1 aromatic rings. The Morgan fingerprint density at radius 1 is 1.39 bits per heavy atom. The summed E-state index contributed by atoms with van der Waals surface area (Å²) in [5.74, 6) is 1.59. The molecule has 0 spiro atoms. The van der Waals surface area contributed by atoms with Crippen molar-refractivity contribution in [3.8, 4) is 5.75 Å². The average molecular weight is 248 g/mol. The number of rotatable bonds is 4. The number of nitrogens with zero attached hydrogens (tertiary/aromatic N) is 1. The number of benzene rings is 1. The molecule has 0 aliphatic carbocycles. The first-order valence-corrected chi connectivity index (χ1v) is 6.76. The van der Waals surface area contributed by atoms with Crippen LogP contribution in [0, 0.1) is 5.92 Å². The van der Waals surface area contributed by atoms with Crippen molar-refractivity contribution in [2.75, 3.05) is 27.2 Å². The maximum atomic E-state index is 5.80. The van der Waals surface area contributed by atoms with E-state index in [1.165, 1.54) is 11.1 Å². The highest BCUT2D eigenvalue weighted by molar-refractivity contribution is 5.36. The van der Waals surface area contributed by atoms with Crippen molar-refractivity contribution in [2.45, 2.75) is 25.8 Å². The van der Waals surface area contributed by atoms with Crippen molar-refractivity contribution in [1.29, 1.82) is 0 Å². The largest absolute Gasteiger partial charge is 0.497 e. The molecule has 0 saturated carbocycles. The molecule has 0 bridgehead atoms. The van der Waals surface area contributed by atoms with E-state index in [1.54, 1.807) is 7.11 Å². The van der Waals surface area contributed by atoms with E-state index in [2.05, 4.69) is 37.1 Å². The van der Waals surface area contributed by atoms with Crippen molar-refractivity contribution >= 4 is 0 Å². The second-order valence-corrected chi connectivity index (χ2v) is 5.26. The molecule has 0 aromatic heterocycles. The van der Waals surface area contributed by atoms with Gasteiger partial charge in [-0.25, -0.2) is 0 Å². The lowest BCUT2D eigenvalue weighted by molar-refractivity contribution is 0.312. The van der Waals surface area contributed by atoms with Crippen molar-refractivity contribution in [3.05, 3.63) is 29.3 Å². The van der Waals surface area contributed by atoms with Crippen LogP contribution in [-0.2, 0) is 6.42 Å². The van der Waals surface area contributed by atoms with Crippen LogP contribution in [0.5, 0.6) is 5.75 Å². The number of aryl methyl sites for hydroxylation is 1. The van der Waals surface area contributed by atoms with Crippen molar-refractivity contribution in [1.82, 2.24) is 4.90 Å². The monoisotopic (exact) mass is 248 g/mol. The van der Waals surface area contributed by atoms with Gasteiger partial charge in [-0.15, -0.1) is 0 Å². The summed E-state index contributed by atoms with van der Waals surface area (Å²) >= 11 is 0. The maximum absolute atomic E-state index is 5.80. The predicted molar refractivity (Wildman–Crippen MR) is 74.9 cm³/mol. The summed E-state index contributed by atoms with van der Waals surface area (Å²) in [7, 11) is 3.92. The molecular weight excluding hydrogens is 224 g/mol. The molecule has 2 rings (SSSR count). The number of likely N-dealkylation sites (tertiary alicyclic amines) is 1. The maximum Gasteiger partial charge on any atom is 0.119 e. The quantitative estimate of drug-likeness (QED) is 0.888. The molecule has 1 saturated heterocycles. The molecule has 2 atom stereocenters. The van der Waals surface area contributed by atoms with E-state index in [4.69, 9.17) is 10.5 Å². The Morgan fingerprint density at radius 3 is 2.72 bits per heavy atom. The first kappa shape index (κ1) is 13.4. The second-order valence-electron chi connectivity index (χ2n) is 5.26. The zero-order chi connectivity index (χ0) is 13.1. The Morgan fingerprint density at radius 2 is 2.17 bits per heavy atom. The Bertz CT molecular complexity index is 383. The van der Waals surface area contributed by atoms with E-state index in [-0.39, 0.29) is 0 Å². The lowest BCUT2D eigenvalue weighted by Gasteiger charge is -2.21. The predicted octanol–water partition coefficient (Wildman–Crippen LogP) is 2.21. The first-order chi connectivity index (χ1) is 8.67. The Kier molecular flexibility index (Phi) is 4.25. The first-order valence-electron chi connectivity index (χ1n) is 6.76. The van der Waals surface area contributed by atoms with Gasteiger partial charge in [0.15, 0.2) is 0 Å². The summed E-state index contributed by atoms with van der Waals surface area (Å²) < 4.78 is 5.40. The van der Waals surface area contributed by atoms with Gasteiger partial charge in [-0.1, -0.05) is 13.0 Å². The zero-order valence-electron chi connectivity index (χ0n) is 11.6. The van der Waals surface area contributed by atoms with Gasteiger partial charge in [-0.2, -0.15) is 0 Å². The molecule has 1 fully saturated rings. The average Bonchev–Trinajstić information content (AvgIpc) is 2.79. The minimum Gasteiger partial charge on any atom is -0.497 e. The molecule has 0 radical (unpaired) electrons. The third-order valence-electron chi connectivity index (χ3n) is 3.99. The van der Waals surface area contributed by atoms with E-state index in [0.29, 0.717) is 12.0 Å². The highest BCUT2D eigenvalue weighted by atomic mass is 16.5. The topological polar surface area (TPSA) is 38.5 Å². The smallest absolute Gasteiger partial charge is 0.119 e. The fraction of sp³-hybridized carbons (Fsp3) is 0.600. The van der Waals surface area contributed by atoms with Crippen molar-refractivity contribution < 1.29 is 4.74 Å². The number of hydrogen-bond acceptors (Lipinski definition) is 3. The molecule has 1 aromatic carbocycles. The molecule has 0 amide bonds. The van der Waals surface area contributed by atoms with E-state index < -0.39 is 0 Å². The van der Waals surface area contributed by atoms with E-state index in [9.17, 15) is 0 Å². The van der Waals surface area contributed by atoms with E-state index in [0.717, 1.165) is 31.7 Å². The molecule has 3 nitrogen and oxygen atoms in total. The highest BCUT2D eigenvalue weighted by Crippen LogP contribution is 2.35. The third kappa shape index (κ3) is 2.68. The van der Waals surface area contributed by atoms with Crippen LogP contribution < -0.4 is 10.5 Å². The standard InChI is InChI=1S/C15H24N2O/c1-4-11-5-13(8-14(6-11)18-3)15-7-12(9-16)10-17(15)2/h5-6,8,12,15H,4,7,9-10,16H2,1-3H3. The summed E-state index contributed by atoms with van der Waals surface area (Å²) in [5, 5.41) is 0. The zero-order valence-corrected chi connectivity index (χ0v) is 11.6. The summed E-state index contributed by atoms with van der Waals surface area (Å²) in [6, 6.07) is 7.08. The van der Waals surface area contributed by atoms with E-state index in [1.807, 2.05) is 0 Å². The van der Waals surface area contributed by atoms with Gasteiger partial charge in [0, 0.05) is 12.6 Å². The number of ether oxygens (including phenoxy) is 1. The third-order valence-corrected chi connectivity index (χ3v) is 3.99. The molecule has 18 heavy (non-hydrogen) atoms. The van der Waals surface area contributed by atoms with Crippen molar-refractivity contribution in [2.24, 2.45) is 11.7 Å². The van der Waals surface area contributed by atoms with Gasteiger partial charge in [0.05, 0.1) is 7.11 Å². The van der Waals surface area contributed by atoms with Crippen LogP contribution in [0.4, 0.5) is 0 Å². The molecular formula is C15H24N2O. The summed E-state index contributed by atoms with van der Waals surface area (Å²) in [6.07, 6.45) is 2.20. The van der Waals surface area contributed by atoms with Gasteiger partial charge >= 0.3 is 0 Å². The van der Waals surface area contributed by atoms with Gasteiger partial charge in [-0.3, -0.25) is 4.90 Å². The molecule has 1 aliphatic heterocycles. The van der Waals surface area contributed by atoms with Gasteiger partial charge in [0.2, 0.25) is 0 Å². The summed E-state index contributed by atoms with van der Waals surface area (Å²) in [4.78, 5) is 2.41. The minimum atomic E-state index is 0.485. The summed E-state index contributed by atoms with van der Waals surface area (Å²) in [6.45, 7) is 4.06. The van der Waals surface area contributed by atoms with Crippen LogP contribution in [0.3, 0.4) is 0 Å².